The maximum atomic E-state index is 13.4. The van der Waals surface area contributed by atoms with Crippen LogP contribution in [0.3, 0.4) is 0 Å². The predicted octanol–water partition coefficient (Wildman–Crippen LogP) is 5.80. The van der Waals surface area contributed by atoms with Crippen LogP contribution in [-0.2, 0) is 12.8 Å². The SMILES string of the molecule is CCc1ccc(C(=O)c2ccc(CC)cc2C2CC2)c(C2CC2)c1. The smallest absolute Gasteiger partial charge is 0.193 e. The lowest BCUT2D eigenvalue weighted by Gasteiger charge is -2.14. The summed E-state index contributed by atoms with van der Waals surface area (Å²) in [5, 5.41) is 0. The van der Waals surface area contributed by atoms with Crippen LogP contribution in [0.1, 0.15) is 89.5 Å². The van der Waals surface area contributed by atoms with Gasteiger partial charge in [-0.25, -0.2) is 0 Å². The van der Waals surface area contributed by atoms with Crippen LogP contribution in [0, 0.1) is 0 Å². The van der Waals surface area contributed by atoms with Gasteiger partial charge in [0.2, 0.25) is 0 Å². The average molecular weight is 318 g/mol. The Labute approximate surface area is 145 Å². The van der Waals surface area contributed by atoms with Crippen LogP contribution in [0.15, 0.2) is 36.4 Å². The fraction of sp³-hybridized carbons (Fsp3) is 0.435. The number of rotatable bonds is 6. The van der Waals surface area contributed by atoms with E-state index in [2.05, 4.69) is 50.2 Å². The zero-order valence-corrected chi connectivity index (χ0v) is 14.8. The molecule has 0 unspecified atom stereocenters. The molecule has 0 N–H and O–H groups in total. The highest BCUT2D eigenvalue weighted by atomic mass is 16.1. The number of carbonyl (C=O) groups excluding carboxylic acids is 1. The fourth-order valence-electron chi connectivity index (χ4n) is 3.69. The molecule has 0 saturated heterocycles. The van der Waals surface area contributed by atoms with Crippen LogP contribution in [0.25, 0.3) is 0 Å². The summed E-state index contributed by atoms with van der Waals surface area (Å²) in [6.07, 6.45) is 7.00. The Hall–Kier alpha value is -1.89. The van der Waals surface area contributed by atoms with Gasteiger partial charge in [0.25, 0.3) is 0 Å². The van der Waals surface area contributed by atoms with Crippen LogP contribution in [-0.4, -0.2) is 5.78 Å². The van der Waals surface area contributed by atoms with E-state index < -0.39 is 0 Å². The monoisotopic (exact) mass is 318 g/mol. The van der Waals surface area contributed by atoms with Gasteiger partial charge >= 0.3 is 0 Å². The third-order valence-electron chi connectivity index (χ3n) is 5.57. The van der Waals surface area contributed by atoms with Crippen LogP contribution >= 0.6 is 0 Å². The molecule has 0 heterocycles. The van der Waals surface area contributed by atoms with E-state index in [1.54, 1.807) is 0 Å². The molecule has 0 atom stereocenters. The van der Waals surface area contributed by atoms with Gasteiger partial charge in [0.1, 0.15) is 0 Å². The summed E-state index contributed by atoms with van der Waals surface area (Å²) in [7, 11) is 0. The van der Waals surface area contributed by atoms with E-state index in [4.69, 9.17) is 0 Å². The summed E-state index contributed by atoms with van der Waals surface area (Å²) in [4.78, 5) is 13.4. The second-order valence-corrected chi connectivity index (χ2v) is 7.43. The van der Waals surface area contributed by atoms with Crippen molar-refractivity contribution < 1.29 is 4.79 Å². The van der Waals surface area contributed by atoms with E-state index in [0.29, 0.717) is 11.8 Å². The molecule has 0 aromatic heterocycles. The van der Waals surface area contributed by atoms with Crippen molar-refractivity contribution in [1.82, 2.24) is 0 Å². The lowest BCUT2D eigenvalue weighted by molar-refractivity contribution is 0.103. The number of benzene rings is 2. The minimum absolute atomic E-state index is 0.240. The maximum Gasteiger partial charge on any atom is 0.193 e. The number of hydrogen-bond donors (Lipinski definition) is 0. The van der Waals surface area contributed by atoms with E-state index in [0.717, 1.165) is 24.0 Å². The zero-order chi connectivity index (χ0) is 16.7. The Morgan fingerprint density at radius 1 is 0.792 bits per heavy atom. The van der Waals surface area contributed by atoms with Crippen molar-refractivity contribution in [3.63, 3.8) is 0 Å². The standard InChI is InChI=1S/C23H26O/c1-3-15-5-11-19(21(13-15)17-7-8-17)23(24)20-12-6-16(4-2)14-22(20)18-9-10-18/h5-6,11-14,17-18H,3-4,7-10H2,1-2H3. The fourth-order valence-corrected chi connectivity index (χ4v) is 3.69. The highest BCUT2D eigenvalue weighted by molar-refractivity contribution is 6.11. The molecule has 2 aromatic rings. The molecule has 2 aromatic carbocycles. The molecule has 0 amide bonds. The Balaban J connectivity index is 1.76. The van der Waals surface area contributed by atoms with Gasteiger partial charge < -0.3 is 0 Å². The lowest BCUT2D eigenvalue weighted by Crippen LogP contribution is -2.09. The van der Waals surface area contributed by atoms with E-state index in [1.165, 1.54) is 47.9 Å². The third-order valence-corrected chi connectivity index (χ3v) is 5.57. The molecule has 124 valence electrons. The van der Waals surface area contributed by atoms with Gasteiger partial charge in [-0.2, -0.15) is 0 Å². The van der Waals surface area contributed by atoms with Crippen LogP contribution < -0.4 is 0 Å². The summed E-state index contributed by atoms with van der Waals surface area (Å²) >= 11 is 0. The normalized spacial score (nSPS) is 17.1. The summed E-state index contributed by atoms with van der Waals surface area (Å²) in [6, 6.07) is 13.0. The lowest BCUT2D eigenvalue weighted by atomic mass is 9.89. The maximum absolute atomic E-state index is 13.4. The Morgan fingerprint density at radius 2 is 1.21 bits per heavy atom. The van der Waals surface area contributed by atoms with Crippen LogP contribution in [0.4, 0.5) is 0 Å². The minimum atomic E-state index is 0.240. The van der Waals surface area contributed by atoms with Gasteiger partial charge in [-0.1, -0.05) is 50.2 Å². The quantitative estimate of drug-likeness (QED) is 0.615. The predicted molar refractivity (Wildman–Crippen MR) is 99.0 cm³/mol. The van der Waals surface area contributed by atoms with Gasteiger partial charge in [-0.05, 0) is 72.6 Å². The summed E-state index contributed by atoms with van der Waals surface area (Å²) in [6.45, 7) is 4.37. The van der Waals surface area contributed by atoms with Gasteiger partial charge in [-0.15, -0.1) is 0 Å². The second kappa shape index (κ2) is 6.20. The van der Waals surface area contributed by atoms with E-state index in [-0.39, 0.29) is 5.78 Å². The molecule has 0 bridgehead atoms. The highest BCUT2D eigenvalue weighted by Gasteiger charge is 2.32. The molecular weight excluding hydrogens is 292 g/mol. The van der Waals surface area contributed by atoms with Crippen molar-refractivity contribution in [1.29, 1.82) is 0 Å². The van der Waals surface area contributed by atoms with Crippen molar-refractivity contribution in [2.45, 2.75) is 64.2 Å². The molecule has 2 fully saturated rings. The summed E-state index contributed by atoms with van der Waals surface area (Å²) in [5.41, 5.74) is 7.16. The van der Waals surface area contributed by atoms with Gasteiger partial charge in [0.05, 0.1) is 0 Å². The molecule has 1 heteroatoms. The Morgan fingerprint density at radius 3 is 1.54 bits per heavy atom. The van der Waals surface area contributed by atoms with Gasteiger partial charge in [0.15, 0.2) is 5.78 Å². The summed E-state index contributed by atoms with van der Waals surface area (Å²) < 4.78 is 0. The molecule has 2 aliphatic rings. The molecule has 0 radical (unpaired) electrons. The van der Waals surface area contributed by atoms with Crippen LogP contribution in [0.5, 0.6) is 0 Å². The first-order valence-corrected chi connectivity index (χ1v) is 9.51. The molecule has 0 spiro atoms. The zero-order valence-electron chi connectivity index (χ0n) is 14.8. The highest BCUT2D eigenvalue weighted by Crippen LogP contribution is 2.45. The summed E-state index contributed by atoms with van der Waals surface area (Å²) in [5.74, 6) is 1.45. The number of hydrogen-bond acceptors (Lipinski definition) is 1. The van der Waals surface area contributed by atoms with Crippen molar-refractivity contribution >= 4 is 5.78 Å². The Bertz CT molecular complexity index is 713. The van der Waals surface area contributed by atoms with E-state index in [9.17, 15) is 4.79 Å². The van der Waals surface area contributed by atoms with E-state index >= 15 is 0 Å². The van der Waals surface area contributed by atoms with Gasteiger partial charge in [0, 0.05) is 11.1 Å². The van der Waals surface area contributed by atoms with E-state index in [1.807, 2.05) is 0 Å². The minimum Gasteiger partial charge on any atom is -0.289 e. The molecule has 2 aliphatic carbocycles. The van der Waals surface area contributed by atoms with Crippen molar-refractivity contribution in [3.05, 3.63) is 69.8 Å². The molecule has 0 aliphatic heterocycles. The van der Waals surface area contributed by atoms with Crippen molar-refractivity contribution in [3.8, 4) is 0 Å². The molecule has 4 rings (SSSR count). The molecular formula is C23H26O. The second-order valence-electron chi connectivity index (χ2n) is 7.43. The van der Waals surface area contributed by atoms with Gasteiger partial charge in [-0.3, -0.25) is 4.79 Å². The number of ketones is 1. The first-order valence-electron chi connectivity index (χ1n) is 9.51. The third kappa shape index (κ3) is 2.92. The van der Waals surface area contributed by atoms with Crippen LogP contribution in [0.2, 0.25) is 0 Å². The van der Waals surface area contributed by atoms with Crippen molar-refractivity contribution in [2.24, 2.45) is 0 Å². The Kier molecular flexibility index (Phi) is 4.04. The largest absolute Gasteiger partial charge is 0.289 e. The first-order chi connectivity index (χ1) is 11.7. The average Bonchev–Trinajstić information content (AvgIpc) is 3.51. The molecule has 24 heavy (non-hydrogen) atoms. The number of carbonyl (C=O) groups is 1. The topological polar surface area (TPSA) is 17.1 Å². The molecule has 1 nitrogen and oxygen atoms in total. The first kappa shape index (κ1) is 15.6. The van der Waals surface area contributed by atoms with Crippen molar-refractivity contribution in [2.75, 3.05) is 0 Å². The number of aryl methyl sites for hydroxylation is 2. The molecule has 2 saturated carbocycles.